The molecular formula is C11H13FO2. The summed E-state index contributed by atoms with van der Waals surface area (Å²) >= 11 is 0. The summed E-state index contributed by atoms with van der Waals surface area (Å²) in [4.78, 5) is 0. The van der Waals surface area contributed by atoms with Gasteiger partial charge in [-0.2, -0.15) is 0 Å². The van der Waals surface area contributed by atoms with Gasteiger partial charge in [0.2, 0.25) is 0 Å². The zero-order chi connectivity index (χ0) is 10.1. The van der Waals surface area contributed by atoms with Crippen molar-refractivity contribution in [2.75, 3.05) is 0 Å². The summed E-state index contributed by atoms with van der Waals surface area (Å²) in [7, 11) is 0. The van der Waals surface area contributed by atoms with E-state index >= 15 is 0 Å². The number of benzene rings is 1. The highest BCUT2D eigenvalue weighted by Gasteiger charge is 2.34. The molecule has 0 bridgehead atoms. The fourth-order valence-corrected chi connectivity index (χ4v) is 1.55. The van der Waals surface area contributed by atoms with Crippen LogP contribution in [0.3, 0.4) is 0 Å². The van der Waals surface area contributed by atoms with Crippen LogP contribution in [0.15, 0.2) is 24.3 Å². The molecule has 2 N–H and O–H groups in total. The van der Waals surface area contributed by atoms with Crippen LogP contribution in [0, 0.1) is 11.7 Å². The fraction of sp³-hybridized carbons (Fsp3) is 0.455. The summed E-state index contributed by atoms with van der Waals surface area (Å²) in [6.07, 6.45) is 0.349. The Morgan fingerprint density at radius 1 is 1.14 bits per heavy atom. The Kier molecular flexibility index (Phi) is 2.52. The van der Waals surface area contributed by atoms with Gasteiger partial charge in [-0.15, -0.1) is 0 Å². The third-order valence-electron chi connectivity index (χ3n) is 2.64. The highest BCUT2D eigenvalue weighted by Crippen LogP contribution is 2.37. The van der Waals surface area contributed by atoms with Gasteiger partial charge in [0, 0.05) is 0 Å². The number of aliphatic hydroxyl groups excluding tert-OH is 2. The van der Waals surface area contributed by atoms with Crippen LogP contribution < -0.4 is 0 Å². The van der Waals surface area contributed by atoms with Crippen LogP contribution in [0.2, 0.25) is 0 Å². The van der Waals surface area contributed by atoms with Gasteiger partial charge in [-0.1, -0.05) is 12.1 Å². The highest BCUT2D eigenvalue weighted by atomic mass is 19.1. The molecule has 1 aromatic carbocycles. The van der Waals surface area contributed by atoms with E-state index in [0.29, 0.717) is 5.56 Å². The lowest BCUT2D eigenvalue weighted by atomic mass is 10.0. The molecule has 2 nitrogen and oxygen atoms in total. The molecule has 0 saturated heterocycles. The molecule has 2 atom stereocenters. The maximum absolute atomic E-state index is 12.6. The molecule has 1 fully saturated rings. The van der Waals surface area contributed by atoms with Crippen molar-refractivity contribution in [3.05, 3.63) is 35.6 Å². The first-order chi connectivity index (χ1) is 6.68. The van der Waals surface area contributed by atoms with Crippen molar-refractivity contribution in [1.29, 1.82) is 0 Å². The van der Waals surface area contributed by atoms with Crippen LogP contribution in [0.4, 0.5) is 4.39 Å². The Morgan fingerprint density at radius 3 is 2.21 bits per heavy atom. The highest BCUT2D eigenvalue weighted by molar-refractivity contribution is 5.20. The summed E-state index contributed by atoms with van der Waals surface area (Å²) in [6.45, 7) is 0. The first-order valence-electron chi connectivity index (χ1n) is 4.80. The molecule has 0 heterocycles. The first kappa shape index (κ1) is 9.62. The second kappa shape index (κ2) is 3.67. The molecule has 1 saturated carbocycles. The van der Waals surface area contributed by atoms with Gasteiger partial charge in [0.25, 0.3) is 0 Å². The van der Waals surface area contributed by atoms with Crippen molar-refractivity contribution in [2.24, 2.45) is 5.92 Å². The summed E-state index contributed by atoms with van der Waals surface area (Å²) in [6, 6.07) is 5.59. The molecule has 1 aliphatic carbocycles. The van der Waals surface area contributed by atoms with Gasteiger partial charge in [-0.3, -0.25) is 0 Å². The summed E-state index contributed by atoms with van der Waals surface area (Å²) in [5.41, 5.74) is 0.575. The normalized spacial score (nSPS) is 20.5. The van der Waals surface area contributed by atoms with Gasteiger partial charge < -0.3 is 10.2 Å². The summed E-state index contributed by atoms with van der Waals surface area (Å²) < 4.78 is 12.6. The Balaban J connectivity index is 2.09. The molecule has 3 heteroatoms. The lowest BCUT2D eigenvalue weighted by Gasteiger charge is -2.17. The van der Waals surface area contributed by atoms with Crippen LogP contribution in [0.25, 0.3) is 0 Å². The number of rotatable bonds is 3. The first-order valence-corrected chi connectivity index (χ1v) is 4.80. The van der Waals surface area contributed by atoms with Crippen LogP contribution in [-0.2, 0) is 0 Å². The van der Waals surface area contributed by atoms with Crippen molar-refractivity contribution in [2.45, 2.75) is 25.0 Å². The molecular weight excluding hydrogens is 183 g/mol. The third kappa shape index (κ3) is 1.94. The van der Waals surface area contributed by atoms with Gasteiger partial charge >= 0.3 is 0 Å². The van der Waals surface area contributed by atoms with E-state index in [4.69, 9.17) is 0 Å². The second-order valence-corrected chi connectivity index (χ2v) is 3.82. The predicted molar refractivity (Wildman–Crippen MR) is 50.1 cm³/mol. The smallest absolute Gasteiger partial charge is 0.123 e. The fourth-order valence-electron chi connectivity index (χ4n) is 1.55. The lowest BCUT2D eigenvalue weighted by Crippen LogP contribution is -2.20. The Morgan fingerprint density at radius 2 is 1.71 bits per heavy atom. The molecule has 0 radical (unpaired) electrons. The molecule has 0 aliphatic heterocycles. The van der Waals surface area contributed by atoms with Crippen LogP contribution >= 0.6 is 0 Å². The molecule has 0 amide bonds. The predicted octanol–water partition coefficient (Wildman–Crippen LogP) is 1.63. The van der Waals surface area contributed by atoms with E-state index in [1.54, 1.807) is 0 Å². The molecule has 1 aromatic rings. The lowest BCUT2D eigenvalue weighted by molar-refractivity contribution is 0.00481. The molecule has 76 valence electrons. The van der Waals surface area contributed by atoms with Crippen molar-refractivity contribution < 1.29 is 14.6 Å². The minimum atomic E-state index is -0.886. The maximum atomic E-state index is 12.6. The quantitative estimate of drug-likeness (QED) is 0.771. The van der Waals surface area contributed by atoms with Crippen molar-refractivity contribution in [1.82, 2.24) is 0 Å². The van der Waals surface area contributed by atoms with Gasteiger partial charge in [0.05, 0.1) is 6.10 Å². The topological polar surface area (TPSA) is 40.5 Å². The molecule has 2 unspecified atom stereocenters. The van der Waals surface area contributed by atoms with Crippen LogP contribution in [0.5, 0.6) is 0 Å². The Hall–Kier alpha value is -0.930. The molecule has 2 rings (SSSR count). The summed E-state index contributed by atoms with van der Waals surface area (Å²) in [5, 5.41) is 19.4. The zero-order valence-electron chi connectivity index (χ0n) is 7.73. The minimum Gasteiger partial charge on any atom is -0.390 e. The number of hydrogen-bond donors (Lipinski definition) is 2. The number of hydrogen-bond acceptors (Lipinski definition) is 2. The van der Waals surface area contributed by atoms with E-state index in [0.717, 1.165) is 12.8 Å². The van der Waals surface area contributed by atoms with Crippen LogP contribution in [-0.4, -0.2) is 16.3 Å². The second-order valence-electron chi connectivity index (χ2n) is 3.82. The van der Waals surface area contributed by atoms with Crippen LogP contribution in [0.1, 0.15) is 24.5 Å². The standard InChI is InChI=1S/C11H13FO2/c12-9-5-3-8(4-6-9)11(14)10(13)7-1-2-7/h3-7,10-11,13-14H,1-2H2. The van der Waals surface area contributed by atoms with Gasteiger partial charge in [0.15, 0.2) is 0 Å². The van der Waals surface area contributed by atoms with E-state index < -0.39 is 12.2 Å². The Bertz CT molecular complexity index is 306. The van der Waals surface area contributed by atoms with Gasteiger partial charge in [0.1, 0.15) is 11.9 Å². The van der Waals surface area contributed by atoms with Gasteiger partial charge in [-0.25, -0.2) is 4.39 Å². The average molecular weight is 196 g/mol. The number of halogens is 1. The van der Waals surface area contributed by atoms with E-state index in [1.165, 1.54) is 24.3 Å². The van der Waals surface area contributed by atoms with E-state index in [9.17, 15) is 14.6 Å². The largest absolute Gasteiger partial charge is 0.390 e. The SMILES string of the molecule is OC(c1ccc(F)cc1)C(O)C1CC1. The number of aliphatic hydroxyl groups is 2. The molecule has 0 spiro atoms. The summed E-state index contributed by atoms with van der Waals surface area (Å²) in [5.74, 6) is -0.114. The van der Waals surface area contributed by atoms with E-state index in [1.807, 2.05) is 0 Å². The zero-order valence-corrected chi connectivity index (χ0v) is 7.73. The van der Waals surface area contributed by atoms with E-state index in [2.05, 4.69) is 0 Å². The molecule has 14 heavy (non-hydrogen) atoms. The van der Waals surface area contributed by atoms with Crippen molar-refractivity contribution >= 4 is 0 Å². The van der Waals surface area contributed by atoms with Crippen molar-refractivity contribution in [3.8, 4) is 0 Å². The maximum Gasteiger partial charge on any atom is 0.123 e. The van der Waals surface area contributed by atoms with E-state index in [-0.39, 0.29) is 11.7 Å². The monoisotopic (exact) mass is 196 g/mol. The third-order valence-corrected chi connectivity index (χ3v) is 2.64. The molecule has 0 aromatic heterocycles. The van der Waals surface area contributed by atoms with Crippen molar-refractivity contribution in [3.63, 3.8) is 0 Å². The Labute approximate surface area is 82.0 Å². The molecule has 1 aliphatic rings. The van der Waals surface area contributed by atoms with Gasteiger partial charge in [-0.05, 0) is 36.5 Å². The average Bonchev–Trinajstić information content (AvgIpc) is 3.00. The minimum absolute atomic E-state index is 0.218.